The van der Waals surface area contributed by atoms with E-state index in [2.05, 4.69) is 4.99 Å². The number of nitrogens with zero attached hydrogens (tertiary/aromatic N) is 3. The van der Waals surface area contributed by atoms with Gasteiger partial charge >= 0.3 is 0 Å². The molecule has 3 nitrogen and oxygen atoms in total. The summed E-state index contributed by atoms with van der Waals surface area (Å²) in [7, 11) is 7.56. The first-order valence-electron chi connectivity index (χ1n) is 5.75. The Labute approximate surface area is 130 Å². The fraction of sp³-hybridized carbons (Fsp3) is 0.462. The average molecular weight is 383 g/mol. The molecule has 0 aliphatic rings. The van der Waals surface area contributed by atoms with Gasteiger partial charge in [-0.3, -0.25) is 4.99 Å². The zero-order chi connectivity index (χ0) is 13.7. The highest BCUT2D eigenvalue weighted by atomic mass is 127. The Morgan fingerprint density at radius 1 is 1.11 bits per heavy atom. The van der Waals surface area contributed by atoms with E-state index >= 15 is 0 Å². The van der Waals surface area contributed by atoms with Crippen LogP contribution in [0.1, 0.15) is 5.56 Å². The van der Waals surface area contributed by atoms with Gasteiger partial charge in [-0.1, -0.05) is 0 Å². The first-order chi connectivity index (χ1) is 8.41. The molecule has 0 saturated carbocycles. The number of guanidine groups is 1. The minimum atomic E-state index is -0.421. The molecule has 1 aromatic rings. The van der Waals surface area contributed by atoms with Crippen LogP contribution in [0.25, 0.3) is 0 Å². The van der Waals surface area contributed by atoms with Gasteiger partial charge in [-0.25, -0.2) is 8.78 Å². The molecule has 19 heavy (non-hydrogen) atoms. The molecule has 1 aromatic carbocycles. The molecule has 0 N–H and O–H groups in total. The third-order valence-corrected chi connectivity index (χ3v) is 2.44. The van der Waals surface area contributed by atoms with Crippen LogP contribution in [-0.2, 0) is 6.42 Å². The van der Waals surface area contributed by atoms with Crippen LogP contribution in [0.5, 0.6) is 0 Å². The summed E-state index contributed by atoms with van der Waals surface area (Å²) >= 11 is 0. The van der Waals surface area contributed by atoms with Gasteiger partial charge in [-0.15, -0.1) is 24.0 Å². The first kappa shape index (κ1) is 18.1. The molecule has 6 heteroatoms. The second-order valence-electron chi connectivity index (χ2n) is 4.46. The molecule has 0 aliphatic carbocycles. The normalized spacial score (nSPS) is 9.58. The minimum absolute atomic E-state index is 0. The van der Waals surface area contributed by atoms with E-state index in [9.17, 15) is 8.78 Å². The summed E-state index contributed by atoms with van der Waals surface area (Å²) in [6.07, 6.45) is 0.384. The molecule has 0 spiro atoms. The summed E-state index contributed by atoms with van der Waals surface area (Å²) in [6, 6.07) is 3.48. The fourth-order valence-corrected chi connectivity index (χ4v) is 1.69. The van der Waals surface area contributed by atoms with E-state index in [0.29, 0.717) is 18.5 Å². The molecule has 0 fully saturated rings. The molecule has 0 aliphatic heterocycles. The van der Waals surface area contributed by atoms with Crippen molar-refractivity contribution in [1.29, 1.82) is 0 Å². The number of hydrogen-bond acceptors (Lipinski definition) is 1. The number of halogens is 3. The lowest BCUT2D eigenvalue weighted by Crippen LogP contribution is -2.35. The van der Waals surface area contributed by atoms with E-state index in [0.717, 1.165) is 18.1 Å². The van der Waals surface area contributed by atoms with Crippen LogP contribution in [0.2, 0.25) is 0 Å². The molecule has 0 unspecified atom stereocenters. The summed E-state index contributed by atoms with van der Waals surface area (Å²) in [5.74, 6) is -0.00881. The third kappa shape index (κ3) is 5.71. The van der Waals surface area contributed by atoms with Gasteiger partial charge in [-0.05, 0) is 30.2 Å². The fourth-order valence-electron chi connectivity index (χ4n) is 1.69. The van der Waals surface area contributed by atoms with Gasteiger partial charge < -0.3 is 9.80 Å². The summed E-state index contributed by atoms with van der Waals surface area (Å²) < 4.78 is 26.3. The zero-order valence-corrected chi connectivity index (χ0v) is 14.0. The summed E-state index contributed by atoms with van der Waals surface area (Å²) in [4.78, 5) is 8.12. The SMILES string of the molecule is CN(C)C(=NCCc1cc(F)ccc1F)N(C)C.I. The zero-order valence-electron chi connectivity index (χ0n) is 11.7. The van der Waals surface area contributed by atoms with E-state index in [1.807, 2.05) is 38.0 Å². The number of benzene rings is 1. The van der Waals surface area contributed by atoms with Gasteiger partial charge in [0.25, 0.3) is 0 Å². The molecule has 1 rings (SSSR count). The van der Waals surface area contributed by atoms with Gasteiger partial charge in [0.1, 0.15) is 11.6 Å². The maximum Gasteiger partial charge on any atom is 0.195 e. The Morgan fingerprint density at radius 2 is 1.68 bits per heavy atom. The Kier molecular flexibility index (Phi) is 7.89. The first-order valence-corrected chi connectivity index (χ1v) is 5.75. The summed E-state index contributed by atoms with van der Waals surface area (Å²) in [5.41, 5.74) is 0.357. The molecule has 0 bridgehead atoms. The largest absolute Gasteiger partial charge is 0.349 e. The van der Waals surface area contributed by atoms with Crippen LogP contribution in [0.4, 0.5) is 8.78 Å². The molecule has 0 aromatic heterocycles. The van der Waals surface area contributed by atoms with Crippen molar-refractivity contribution < 1.29 is 8.78 Å². The second-order valence-corrected chi connectivity index (χ2v) is 4.46. The summed E-state index contributed by atoms with van der Waals surface area (Å²) in [5, 5.41) is 0. The van der Waals surface area contributed by atoms with Crippen LogP contribution in [-0.4, -0.2) is 50.5 Å². The van der Waals surface area contributed by atoms with Gasteiger partial charge in [0.15, 0.2) is 5.96 Å². The topological polar surface area (TPSA) is 18.8 Å². The highest BCUT2D eigenvalue weighted by Gasteiger charge is 2.06. The quantitative estimate of drug-likeness (QED) is 0.454. The van der Waals surface area contributed by atoms with Crippen molar-refractivity contribution in [3.8, 4) is 0 Å². The van der Waals surface area contributed by atoms with Gasteiger partial charge in [0.2, 0.25) is 0 Å². The Morgan fingerprint density at radius 3 is 2.21 bits per heavy atom. The molecule has 0 atom stereocenters. The summed E-state index contributed by atoms with van der Waals surface area (Å²) in [6.45, 7) is 0.423. The Hall–Kier alpha value is -0.920. The van der Waals surface area contributed by atoms with Crippen LogP contribution in [0.15, 0.2) is 23.2 Å². The van der Waals surface area contributed by atoms with Crippen molar-refractivity contribution in [1.82, 2.24) is 9.80 Å². The maximum atomic E-state index is 13.4. The molecular weight excluding hydrogens is 363 g/mol. The van der Waals surface area contributed by atoms with Crippen LogP contribution in [0, 0.1) is 11.6 Å². The third-order valence-electron chi connectivity index (χ3n) is 2.44. The van der Waals surface area contributed by atoms with Crippen molar-refractivity contribution in [3.63, 3.8) is 0 Å². The monoisotopic (exact) mass is 383 g/mol. The number of rotatable bonds is 3. The highest BCUT2D eigenvalue weighted by Crippen LogP contribution is 2.10. The van der Waals surface area contributed by atoms with Gasteiger partial charge in [-0.2, -0.15) is 0 Å². The Bertz CT molecular complexity index is 424. The van der Waals surface area contributed by atoms with Crippen molar-refractivity contribution in [2.75, 3.05) is 34.7 Å². The number of aliphatic imine (C=N–C) groups is 1. The standard InChI is InChI=1S/C13H19F2N3.HI/c1-17(2)13(18(3)4)16-8-7-10-9-11(14)5-6-12(10)15;/h5-6,9H,7-8H2,1-4H3;1H. The smallest absolute Gasteiger partial charge is 0.195 e. The van der Waals surface area contributed by atoms with Crippen LogP contribution < -0.4 is 0 Å². The van der Waals surface area contributed by atoms with E-state index in [1.54, 1.807) is 0 Å². The van der Waals surface area contributed by atoms with Gasteiger partial charge in [0.05, 0.1) is 0 Å². The predicted octanol–water partition coefficient (Wildman–Crippen LogP) is 2.60. The molecule has 0 amide bonds. The molecular formula is C13H20F2IN3. The Balaban J connectivity index is 0.00000324. The van der Waals surface area contributed by atoms with Crippen molar-refractivity contribution in [2.24, 2.45) is 4.99 Å². The lowest BCUT2D eigenvalue weighted by atomic mass is 10.1. The predicted molar refractivity (Wildman–Crippen MR) is 85.2 cm³/mol. The van der Waals surface area contributed by atoms with E-state index < -0.39 is 5.82 Å². The van der Waals surface area contributed by atoms with E-state index in [-0.39, 0.29) is 29.8 Å². The second kappa shape index (κ2) is 8.29. The van der Waals surface area contributed by atoms with Gasteiger partial charge in [0, 0.05) is 34.7 Å². The lowest BCUT2D eigenvalue weighted by molar-refractivity contribution is 0.479. The van der Waals surface area contributed by atoms with Crippen LogP contribution >= 0.6 is 24.0 Å². The minimum Gasteiger partial charge on any atom is -0.349 e. The van der Waals surface area contributed by atoms with Crippen molar-refractivity contribution in [2.45, 2.75) is 6.42 Å². The van der Waals surface area contributed by atoms with Crippen LogP contribution in [0.3, 0.4) is 0 Å². The average Bonchev–Trinajstić information content (AvgIpc) is 2.27. The molecule has 0 radical (unpaired) electrons. The van der Waals surface area contributed by atoms with E-state index in [1.165, 1.54) is 6.07 Å². The maximum absolute atomic E-state index is 13.4. The highest BCUT2D eigenvalue weighted by molar-refractivity contribution is 14.0. The lowest BCUT2D eigenvalue weighted by Gasteiger charge is -2.22. The molecule has 108 valence electrons. The van der Waals surface area contributed by atoms with Crippen molar-refractivity contribution in [3.05, 3.63) is 35.4 Å². The molecule has 0 saturated heterocycles. The molecule has 0 heterocycles. The van der Waals surface area contributed by atoms with E-state index in [4.69, 9.17) is 0 Å². The number of hydrogen-bond donors (Lipinski definition) is 0. The van der Waals surface area contributed by atoms with Crippen molar-refractivity contribution >= 4 is 29.9 Å².